The van der Waals surface area contributed by atoms with Gasteiger partial charge in [0, 0.05) is 22.7 Å². The van der Waals surface area contributed by atoms with E-state index in [1.807, 2.05) is 109 Å². The molecule has 0 saturated heterocycles. The second-order valence-electron chi connectivity index (χ2n) is 8.56. The van der Waals surface area contributed by atoms with Crippen LogP contribution in [0.5, 0.6) is 11.5 Å². The van der Waals surface area contributed by atoms with Gasteiger partial charge in [-0.15, -0.1) is 0 Å². The maximum atomic E-state index is 5.73. The van der Waals surface area contributed by atoms with Crippen LogP contribution in [-0.4, -0.2) is 52.9 Å². The standard InChI is InChI=1S/C32H36N2O5/c1-3-7-27(8-4-1)33-29-11-15-31(16-12-29)38-25-23-36-21-19-35-20-22-37-24-26-39-32-17-13-30(14-18-32)34-28-9-5-2-6-10-28/h1-18,33-34H,19-26H2. The molecule has 0 amide bonds. The Hall–Kier alpha value is -4.04. The van der Waals surface area contributed by atoms with Gasteiger partial charge in [0.1, 0.15) is 24.7 Å². The molecule has 4 aromatic carbocycles. The van der Waals surface area contributed by atoms with Crippen LogP contribution in [-0.2, 0) is 14.2 Å². The molecular formula is C32H36N2O5. The summed E-state index contributed by atoms with van der Waals surface area (Å²) in [7, 11) is 0. The molecular weight excluding hydrogens is 492 g/mol. The third-order valence-corrected chi connectivity index (χ3v) is 5.57. The van der Waals surface area contributed by atoms with E-state index in [1.165, 1.54) is 0 Å². The zero-order valence-electron chi connectivity index (χ0n) is 22.1. The number of rotatable bonds is 18. The summed E-state index contributed by atoms with van der Waals surface area (Å²) in [5.74, 6) is 1.62. The molecule has 2 N–H and O–H groups in total. The number of anilines is 4. The van der Waals surface area contributed by atoms with Crippen molar-refractivity contribution in [3.8, 4) is 11.5 Å². The van der Waals surface area contributed by atoms with E-state index in [-0.39, 0.29) is 0 Å². The first-order valence-electron chi connectivity index (χ1n) is 13.2. The van der Waals surface area contributed by atoms with Crippen LogP contribution in [0.3, 0.4) is 0 Å². The fourth-order valence-electron chi connectivity index (χ4n) is 3.62. The normalized spacial score (nSPS) is 10.7. The molecule has 0 saturated carbocycles. The number of benzene rings is 4. The van der Waals surface area contributed by atoms with E-state index >= 15 is 0 Å². The van der Waals surface area contributed by atoms with E-state index in [4.69, 9.17) is 23.7 Å². The lowest BCUT2D eigenvalue weighted by atomic mass is 10.2. The Balaban J connectivity index is 0.937. The Morgan fingerprint density at radius 3 is 1.00 bits per heavy atom. The lowest BCUT2D eigenvalue weighted by Crippen LogP contribution is -2.14. The fourth-order valence-corrected chi connectivity index (χ4v) is 3.62. The van der Waals surface area contributed by atoms with Crippen molar-refractivity contribution in [1.82, 2.24) is 0 Å². The molecule has 4 rings (SSSR count). The van der Waals surface area contributed by atoms with E-state index in [2.05, 4.69) is 10.6 Å². The van der Waals surface area contributed by atoms with Gasteiger partial charge in [0.05, 0.1) is 39.6 Å². The minimum absolute atomic E-state index is 0.487. The Morgan fingerprint density at radius 2 is 0.641 bits per heavy atom. The van der Waals surface area contributed by atoms with Crippen LogP contribution in [0.1, 0.15) is 0 Å². The van der Waals surface area contributed by atoms with Crippen LogP contribution in [0.4, 0.5) is 22.7 Å². The molecule has 0 unspecified atom stereocenters. The average Bonchev–Trinajstić information content (AvgIpc) is 2.98. The highest BCUT2D eigenvalue weighted by atomic mass is 16.6. The van der Waals surface area contributed by atoms with E-state index in [9.17, 15) is 0 Å². The molecule has 7 heteroatoms. The van der Waals surface area contributed by atoms with Crippen molar-refractivity contribution in [2.75, 3.05) is 63.5 Å². The lowest BCUT2D eigenvalue weighted by Gasteiger charge is -2.10. The summed E-state index contributed by atoms with van der Waals surface area (Å²) in [4.78, 5) is 0. The Labute approximate surface area is 230 Å². The Bertz CT molecular complexity index is 1080. The molecule has 39 heavy (non-hydrogen) atoms. The largest absolute Gasteiger partial charge is 0.491 e. The fraction of sp³-hybridized carbons (Fsp3) is 0.250. The summed E-state index contributed by atoms with van der Waals surface area (Å²) >= 11 is 0. The first-order valence-corrected chi connectivity index (χ1v) is 13.2. The molecule has 0 bridgehead atoms. The molecule has 0 aliphatic carbocycles. The van der Waals surface area contributed by atoms with Crippen LogP contribution < -0.4 is 20.1 Å². The number of nitrogens with one attached hydrogen (secondary N) is 2. The number of hydrogen-bond acceptors (Lipinski definition) is 7. The van der Waals surface area contributed by atoms with Crippen LogP contribution in [0.2, 0.25) is 0 Å². The quantitative estimate of drug-likeness (QED) is 0.140. The molecule has 0 atom stereocenters. The van der Waals surface area contributed by atoms with Crippen molar-refractivity contribution < 1.29 is 23.7 Å². The number of ether oxygens (including phenoxy) is 5. The van der Waals surface area contributed by atoms with Crippen molar-refractivity contribution >= 4 is 22.7 Å². The molecule has 0 aromatic heterocycles. The van der Waals surface area contributed by atoms with Gasteiger partial charge in [-0.05, 0) is 72.8 Å². The molecule has 7 nitrogen and oxygen atoms in total. The molecule has 0 spiro atoms. The monoisotopic (exact) mass is 528 g/mol. The van der Waals surface area contributed by atoms with Crippen molar-refractivity contribution in [2.24, 2.45) is 0 Å². The van der Waals surface area contributed by atoms with Gasteiger partial charge >= 0.3 is 0 Å². The van der Waals surface area contributed by atoms with Crippen molar-refractivity contribution in [3.63, 3.8) is 0 Å². The van der Waals surface area contributed by atoms with Crippen molar-refractivity contribution in [3.05, 3.63) is 109 Å². The summed E-state index contributed by atoms with van der Waals surface area (Å²) in [6.07, 6.45) is 0. The molecule has 0 fully saturated rings. The van der Waals surface area contributed by atoms with Crippen molar-refractivity contribution in [1.29, 1.82) is 0 Å². The third-order valence-electron chi connectivity index (χ3n) is 5.57. The minimum atomic E-state index is 0.487. The smallest absolute Gasteiger partial charge is 0.119 e. The van der Waals surface area contributed by atoms with Gasteiger partial charge < -0.3 is 34.3 Å². The maximum absolute atomic E-state index is 5.73. The second kappa shape index (κ2) is 16.7. The summed E-state index contributed by atoms with van der Waals surface area (Å²) in [5, 5.41) is 6.70. The van der Waals surface area contributed by atoms with E-state index < -0.39 is 0 Å². The second-order valence-corrected chi connectivity index (χ2v) is 8.56. The molecule has 204 valence electrons. The van der Waals surface area contributed by atoms with Gasteiger partial charge in [-0.3, -0.25) is 0 Å². The maximum Gasteiger partial charge on any atom is 0.119 e. The first-order chi connectivity index (χ1) is 19.3. The minimum Gasteiger partial charge on any atom is -0.491 e. The van der Waals surface area contributed by atoms with Gasteiger partial charge in [-0.2, -0.15) is 0 Å². The van der Waals surface area contributed by atoms with E-state index in [0.717, 1.165) is 34.2 Å². The molecule has 0 aliphatic heterocycles. The highest BCUT2D eigenvalue weighted by Crippen LogP contribution is 2.21. The molecule has 4 aromatic rings. The zero-order valence-corrected chi connectivity index (χ0v) is 22.1. The lowest BCUT2D eigenvalue weighted by molar-refractivity contribution is 0.00499. The van der Waals surface area contributed by atoms with Gasteiger partial charge in [-0.25, -0.2) is 0 Å². The van der Waals surface area contributed by atoms with Gasteiger partial charge in [0.2, 0.25) is 0 Å². The summed E-state index contributed by atoms with van der Waals surface area (Å²) in [5.41, 5.74) is 4.13. The van der Waals surface area contributed by atoms with E-state index in [1.54, 1.807) is 0 Å². The van der Waals surface area contributed by atoms with Crippen molar-refractivity contribution in [2.45, 2.75) is 0 Å². The van der Waals surface area contributed by atoms with Crippen LogP contribution in [0.25, 0.3) is 0 Å². The van der Waals surface area contributed by atoms with Crippen LogP contribution >= 0.6 is 0 Å². The molecule has 0 heterocycles. The van der Waals surface area contributed by atoms with E-state index in [0.29, 0.717) is 52.9 Å². The van der Waals surface area contributed by atoms with Gasteiger partial charge in [-0.1, -0.05) is 36.4 Å². The van der Waals surface area contributed by atoms with Gasteiger partial charge in [0.25, 0.3) is 0 Å². The SMILES string of the molecule is c1ccc(Nc2ccc(OCCOCCOCCOCCOc3ccc(Nc4ccccc4)cc3)cc2)cc1. The topological polar surface area (TPSA) is 70.2 Å². The highest BCUT2D eigenvalue weighted by Gasteiger charge is 1.99. The Morgan fingerprint density at radius 1 is 0.333 bits per heavy atom. The molecule has 0 radical (unpaired) electrons. The summed E-state index contributed by atoms with van der Waals surface area (Å²) < 4.78 is 28.1. The van der Waals surface area contributed by atoms with Gasteiger partial charge in [0.15, 0.2) is 0 Å². The predicted octanol–water partition coefficient (Wildman–Crippen LogP) is 6.68. The average molecular weight is 529 g/mol. The van der Waals surface area contributed by atoms with Crippen LogP contribution in [0, 0.1) is 0 Å². The predicted molar refractivity (Wildman–Crippen MR) is 156 cm³/mol. The number of para-hydroxylation sites is 2. The zero-order chi connectivity index (χ0) is 26.8. The number of hydrogen-bond donors (Lipinski definition) is 2. The molecule has 0 aliphatic rings. The first kappa shape index (κ1) is 28.0. The van der Waals surface area contributed by atoms with Crippen LogP contribution in [0.15, 0.2) is 109 Å². The highest BCUT2D eigenvalue weighted by molar-refractivity contribution is 5.61. The third kappa shape index (κ3) is 11.1. The summed E-state index contributed by atoms with van der Waals surface area (Å²) in [6, 6.07) is 35.9. The summed E-state index contributed by atoms with van der Waals surface area (Å²) in [6.45, 7) is 4.05. The Kier molecular flexibility index (Phi) is 12.0.